The number of hydrogen-bond donors (Lipinski definition) is 4. The van der Waals surface area contributed by atoms with Crippen molar-refractivity contribution in [1.29, 1.82) is 0 Å². The molecule has 4 N–H and O–H groups in total. The molecule has 332 valence electrons. The van der Waals surface area contributed by atoms with E-state index in [1.807, 2.05) is 6.08 Å². The highest BCUT2D eigenvalue weighted by molar-refractivity contribution is 5.71. The smallest absolute Gasteiger partial charge is 0.310 e. The van der Waals surface area contributed by atoms with Crippen LogP contribution in [0.2, 0.25) is 0 Å². The van der Waals surface area contributed by atoms with Crippen molar-refractivity contribution in [2.45, 2.75) is 192 Å². The van der Waals surface area contributed by atoms with Gasteiger partial charge >= 0.3 is 5.97 Å². The van der Waals surface area contributed by atoms with E-state index in [0.29, 0.717) is 13.0 Å². The summed E-state index contributed by atoms with van der Waals surface area (Å²) in [7, 11) is 0. The lowest BCUT2D eigenvalue weighted by molar-refractivity contribution is -0.305. The Labute approximate surface area is 352 Å². The van der Waals surface area contributed by atoms with Gasteiger partial charge in [0.1, 0.15) is 30.5 Å². The van der Waals surface area contributed by atoms with Crippen LogP contribution in [0.25, 0.3) is 0 Å². The molecule has 0 bridgehead atoms. The maximum atomic E-state index is 12.7. The fraction of sp³-hybridized carbons (Fsp3) is 0.694. The highest BCUT2D eigenvalue weighted by Gasteiger charge is 2.44. The van der Waals surface area contributed by atoms with Crippen LogP contribution in [0.5, 0.6) is 0 Å². The van der Waals surface area contributed by atoms with Gasteiger partial charge < -0.3 is 39.4 Å². The molecule has 0 aromatic rings. The van der Waals surface area contributed by atoms with Gasteiger partial charge in [-0.15, -0.1) is 0 Å². The van der Waals surface area contributed by atoms with Gasteiger partial charge in [0.05, 0.1) is 26.2 Å². The Morgan fingerprint density at radius 3 is 1.59 bits per heavy atom. The van der Waals surface area contributed by atoms with Gasteiger partial charge in [0.2, 0.25) is 0 Å². The highest BCUT2D eigenvalue weighted by Crippen LogP contribution is 2.22. The van der Waals surface area contributed by atoms with E-state index >= 15 is 0 Å². The molecular formula is C49H82O9. The van der Waals surface area contributed by atoms with E-state index in [9.17, 15) is 25.2 Å². The van der Waals surface area contributed by atoms with Crippen LogP contribution in [0.4, 0.5) is 0 Å². The van der Waals surface area contributed by atoms with Crippen molar-refractivity contribution in [3.63, 3.8) is 0 Å². The monoisotopic (exact) mass is 815 g/mol. The summed E-state index contributed by atoms with van der Waals surface area (Å²) >= 11 is 0. The first-order chi connectivity index (χ1) is 28.4. The Morgan fingerprint density at radius 1 is 0.569 bits per heavy atom. The predicted molar refractivity (Wildman–Crippen MR) is 237 cm³/mol. The second kappa shape index (κ2) is 39.8. The molecule has 0 aromatic carbocycles. The van der Waals surface area contributed by atoms with Crippen molar-refractivity contribution in [2.24, 2.45) is 0 Å². The highest BCUT2D eigenvalue weighted by atomic mass is 16.7. The largest absolute Gasteiger partial charge is 0.457 e. The van der Waals surface area contributed by atoms with E-state index in [1.165, 1.54) is 77.0 Å². The molecule has 9 nitrogen and oxygen atoms in total. The summed E-state index contributed by atoms with van der Waals surface area (Å²) in [5.41, 5.74) is 0. The minimum Gasteiger partial charge on any atom is -0.457 e. The average Bonchev–Trinajstić information content (AvgIpc) is 3.22. The lowest BCUT2D eigenvalue weighted by Gasteiger charge is -2.39. The zero-order valence-corrected chi connectivity index (χ0v) is 36.3. The molecule has 0 radical (unpaired) electrons. The second-order valence-corrected chi connectivity index (χ2v) is 15.1. The SMILES string of the molecule is CC/C=C\C/C=C\C/C=C\C/C=C\C/C=C\CC(=O)OC(COCCCCCCCCCCCC/C=C\C/C=C\CCCCC)COC1OC(CO)C(O)C(O)C1O. The Morgan fingerprint density at radius 2 is 1.05 bits per heavy atom. The Bertz CT molecular complexity index is 1150. The molecule has 0 amide bonds. The van der Waals surface area contributed by atoms with Gasteiger partial charge in [-0.2, -0.15) is 0 Å². The average molecular weight is 815 g/mol. The third kappa shape index (κ3) is 30.4. The number of allylic oxidation sites excluding steroid dienone is 13. The summed E-state index contributed by atoms with van der Waals surface area (Å²) in [6, 6.07) is 0. The van der Waals surface area contributed by atoms with Crippen molar-refractivity contribution in [3.8, 4) is 0 Å². The second-order valence-electron chi connectivity index (χ2n) is 15.1. The van der Waals surface area contributed by atoms with Gasteiger partial charge in [-0.05, 0) is 70.6 Å². The zero-order valence-electron chi connectivity index (χ0n) is 36.3. The molecule has 1 saturated heterocycles. The molecule has 0 saturated carbocycles. The molecule has 0 spiro atoms. The van der Waals surface area contributed by atoms with Crippen LogP contribution in [-0.2, 0) is 23.7 Å². The Hall–Kier alpha value is -2.63. The van der Waals surface area contributed by atoms with Gasteiger partial charge in [0, 0.05) is 6.61 Å². The number of carbonyl (C=O) groups excluding carboxylic acids is 1. The summed E-state index contributed by atoms with van der Waals surface area (Å²) in [5, 5.41) is 40.1. The van der Waals surface area contributed by atoms with E-state index in [4.69, 9.17) is 18.9 Å². The standard InChI is InChI=1S/C49H82O9/c1-3-5-7-9-11-13-15-17-19-20-21-22-23-25-27-29-31-33-35-37-39-55-41-43(42-56-49-48(54)47(53)46(52)44(40-50)58-49)57-45(51)38-36-34-32-30-28-26-24-18-16-14-12-10-8-6-4-2/h6,8,11-14,17-19,24,28,30,34,36,43-44,46-50,52-54H,3-5,7,9-10,15-16,20-23,25-27,29,31-33,35,37-42H2,1-2H3/b8-6-,13-11-,14-12-,19-17-,24-18-,30-28-,36-34-. The van der Waals surface area contributed by atoms with Crippen molar-refractivity contribution >= 4 is 5.97 Å². The summed E-state index contributed by atoms with van der Waals surface area (Å²) < 4.78 is 22.7. The number of carbonyl (C=O) groups is 1. The zero-order chi connectivity index (χ0) is 42.2. The van der Waals surface area contributed by atoms with Crippen molar-refractivity contribution in [2.75, 3.05) is 26.4 Å². The first-order valence-electron chi connectivity index (χ1n) is 22.7. The number of aliphatic hydroxyl groups is 4. The maximum Gasteiger partial charge on any atom is 0.310 e. The first-order valence-corrected chi connectivity index (χ1v) is 22.7. The number of rotatable bonds is 37. The molecule has 1 aliphatic rings. The van der Waals surface area contributed by atoms with Gasteiger partial charge in [-0.25, -0.2) is 0 Å². The van der Waals surface area contributed by atoms with Gasteiger partial charge in [0.15, 0.2) is 6.29 Å². The van der Waals surface area contributed by atoms with Gasteiger partial charge in [-0.3, -0.25) is 4.79 Å². The lowest BCUT2D eigenvalue weighted by Crippen LogP contribution is -2.59. The molecule has 6 unspecified atom stereocenters. The van der Waals surface area contributed by atoms with Crippen LogP contribution in [-0.4, -0.2) is 89.6 Å². The van der Waals surface area contributed by atoms with Crippen molar-refractivity contribution < 1.29 is 44.2 Å². The molecule has 1 aliphatic heterocycles. The van der Waals surface area contributed by atoms with Crippen LogP contribution in [0, 0.1) is 0 Å². The van der Waals surface area contributed by atoms with E-state index in [0.717, 1.165) is 51.4 Å². The topological polar surface area (TPSA) is 135 Å². The Balaban J connectivity index is 2.31. The quantitative estimate of drug-likeness (QED) is 0.0275. The molecule has 1 rings (SSSR count). The minimum atomic E-state index is -1.56. The molecule has 0 aliphatic carbocycles. The van der Waals surface area contributed by atoms with Crippen LogP contribution < -0.4 is 0 Å². The molecule has 6 atom stereocenters. The summed E-state index contributed by atoms with van der Waals surface area (Å²) in [4.78, 5) is 12.7. The van der Waals surface area contributed by atoms with Crippen LogP contribution in [0.15, 0.2) is 85.1 Å². The summed E-state index contributed by atoms with van der Waals surface area (Å²) in [6.45, 7) is 4.27. The number of aliphatic hydroxyl groups excluding tert-OH is 4. The first kappa shape index (κ1) is 53.4. The van der Waals surface area contributed by atoms with Crippen molar-refractivity contribution in [1.82, 2.24) is 0 Å². The molecule has 0 aromatic heterocycles. The summed E-state index contributed by atoms with van der Waals surface area (Å²) in [5.74, 6) is -0.444. The fourth-order valence-electron chi connectivity index (χ4n) is 6.30. The normalized spacial score (nSPS) is 21.1. The number of hydrogen-bond acceptors (Lipinski definition) is 9. The fourth-order valence-corrected chi connectivity index (χ4v) is 6.30. The molecular weight excluding hydrogens is 733 g/mol. The van der Waals surface area contributed by atoms with Crippen LogP contribution in [0.3, 0.4) is 0 Å². The number of ether oxygens (including phenoxy) is 4. The molecule has 9 heteroatoms. The molecule has 1 heterocycles. The van der Waals surface area contributed by atoms with Crippen LogP contribution >= 0.6 is 0 Å². The molecule has 1 fully saturated rings. The van der Waals surface area contributed by atoms with E-state index in [-0.39, 0.29) is 19.6 Å². The predicted octanol–water partition coefficient (Wildman–Crippen LogP) is 10.2. The lowest BCUT2D eigenvalue weighted by atomic mass is 9.99. The van der Waals surface area contributed by atoms with E-state index < -0.39 is 49.4 Å². The number of unbranched alkanes of at least 4 members (excludes halogenated alkanes) is 13. The Kier molecular flexibility index (Phi) is 36.6. The molecule has 58 heavy (non-hydrogen) atoms. The third-order valence-corrected chi connectivity index (χ3v) is 9.83. The summed E-state index contributed by atoms with van der Waals surface area (Å²) in [6.07, 6.45) is 46.4. The third-order valence-electron chi connectivity index (χ3n) is 9.83. The van der Waals surface area contributed by atoms with Gasteiger partial charge in [0.25, 0.3) is 0 Å². The van der Waals surface area contributed by atoms with Gasteiger partial charge in [-0.1, -0.05) is 163 Å². The number of esters is 1. The van der Waals surface area contributed by atoms with Crippen LogP contribution in [0.1, 0.15) is 155 Å². The van der Waals surface area contributed by atoms with Crippen molar-refractivity contribution in [3.05, 3.63) is 85.1 Å². The van der Waals surface area contributed by atoms with E-state index in [2.05, 4.69) is 86.8 Å². The maximum absolute atomic E-state index is 12.7. The minimum absolute atomic E-state index is 0.0821. The van der Waals surface area contributed by atoms with E-state index in [1.54, 1.807) is 6.08 Å².